The molecule has 0 heterocycles. The van der Waals surface area contributed by atoms with Gasteiger partial charge in [-0.05, 0) is 0 Å². The fourth-order valence-corrected chi connectivity index (χ4v) is 6.67. The Morgan fingerprint density at radius 3 is 1.20 bits per heavy atom. The summed E-state index contributed by atoms with van der Waals surface area (Å²) in [6, 6.07) is 0. The van der Waals surface area contributed by atoms with Gasteiger partial charge in [0.15, 0.2) is 0 Å². The van der Waals surface area contributed by atoms with Gasteiger partial charge in [0.05, 0.1) is 0 Å². The minimum absolute atomic E-state index is 0.297. The van der Waals surface area contributed by atoms with Gasteiger partial charge in [-0.3, -0.25) is 0 Å². The van der Waals surface area contributed by atoms with Gasteiger partial charge in [-0.25, -0.2) is 0 Å². The zero-order chi connectivity index (χ0) is 7.82. The van der Waals surface area contributed by atoms with Crippen molar-refractivity contribution in [3.63, 3.8) is 0 Å². The number of hydrogen-bond donors (Lipinski definition) is 0. The van der Waals surface area contributed by atoms with E-state index >= 15 is 0 Å². The molecular weight excluding hydrogens is 183 g/mol. The summed E-state index contributed by atoms with van der Waals surface area (Å²) in [7, 11) is 0. The van der Waals surface area contributed by atoms with Crippen LogP contribution in [0.4, 0.5) is 0 Å². The van der Waals surface area contributed by atoms with Crippen LogP contribution in [0.25, 0.3) is 0 Å². The quantitative estimate of drug-likeness (QED) is 0.578. The SMILES string of the molecule is CCC[As](CCC)CCC. The molecule has 0 aliphatic carbocycles. The van der Waals surface area contributed by atoms with E-state index in [1.807, 2.05) is 0 Å². The molecule has 0 aliphatic rings. The fraction of sp³-hybridized carbons (Fsp3) is 1.00. The van der Waals surface area contributed by atoms with Crippen molar-refractivity contribution in [2.45, 2.75) is 55.7 Å². The summed E-state index contributed by atoms with van der Waals surface area (Å²) in [5.74, 6) is 0. The molecule has 0 aromatic rings. The summed E-state index contributed by atoms with van der Waals surface area (Å²) >= 11 is -0.297. The molecule has 0 saturated carbocycles. The van der Waals surface area contributed by atoms with Gasteiger partial charge in [0.25, 0.3) is 0 Å². The van der Waals surface area contributed by atoms with Crippen LogP contribution >= 0.6 is 0 Å². The average Bonchev–Trinajstić information content (AvgIpc) is 1.90. The molecule has 0 aliphatic heterocycles. The average molecular weight is 204 g/mol. The Bertz CT molecular complexity index is 47.5. The van der Waals surface area contributed by atoms with Crippen LogP contribution in [0.15, 0.2) is 0 Å². The topological polar surface area (TPSA) is 0 Å². The van der Waals surface area contributed by atoms with Crippen LogP contribution < -0.4 is 0 Å². The molecule has 0 unspecified atom stereocenters. The van der Waals surface area contributed by atoms with Gasteiger partial charge in [0.1, 0.15) is 0 Å². The molecule has 0 spiro atoms. The molecule has 0 aromatic carbocycles. The molecule has 0 bridgehead atoms. The van der Waals surface area contributed by atoms with Crippen LogP contribution in [-0.4, -0.2) is 14.7 Å². The van der Waals surface area contributed by atoms with Crippen molar-refractivity contribution < 1.29 is 0 Å². The molecule has 62 valence electrons. The summed E-state index contributed by atoms with van der Waals surface area (Å²) < 4.78 is 0. The first-order valence-electron chi connectivity index (χ1n) is 4.57. The Balaban J connectivity index is 3.30. The normalized spacial score (nSPS) is 10.8. The van der Waals surface area contributed by atoms with Crippen molar-refractivity contribution >= 4 is 14.7 Å². The summed E-state index contributed by atoms with van der Waals surface area (Å²) in [6.45, 7) is 6.98. The summed E-state index contributed by atoms with van der Waals surface area (Å²) in [5, 5.41) is 4.78. The molecule has 0 N–H and O–H groups in total. The third kappa shape index (κ3) is 5.35. The van der Waals surface area contributed by atoms with Crippen molar-refractivity contribution in [2.75, 3.05) is 0 Å². The van der Waals surface area contributed by atoms with Crippen LogP contribution in [0.1, 0.15) is 40.0 Å². The molecule has 0 rings (SSSR count). The molecule has 0 nitrogen and oxygen atoms in total. The Morgan fingerprint density at radius 1 is 0.700 bits per heavy atom. The third-order valence-electron chi connectivity index (χ3n) is 1.62. The van der Waals surface area contributed by atoms with Crippen LogP contribution in [0, 0.1) is 0 Å². The van der Waals surface area contributed by atoms with Crippen LogP contribution in [0.3, 0.4) is 0 Å². The first-order chi connectivity index (χ1) is 4.85. The van der Waals surface area contributed by atoms with Crippen molar-refractivity contribution in [3.05, 3.63) is 0 Å². The van der Waals surface area contributed by atoms with E-state index in [4.69, 9.17) is 0 Å². The minimum atomic E-state index is -0.297. The second-order valence-electron chi connectivity index (χ2n) is 2.84. The van der Waals surface area contributed by atoms with E-state index in [1.165, 1.54) is 19.3 Å². The maximum atomic E-state index is 2.33. The predicted molar refractivity (Wildman–Crippen MR) is 51.0 cm³/mol. The van der Waals surface area contributed by atoms with Gasteiger partial charge < -0.3 is 0 Å². The van der Waals surface area contributed by atoms with Gasteiger partial charge in [-0.15, -0.1) is 0 Å². The molecule has 0 aromatic heterocycles. The number of rotatable bonds is 6. The van der Waals surface area contributed by atoms with E-state index in [0.29, 0.717) is 0 Å². The maximum absolute atomic E-state index is 2.33. The standard InChI is InChI=1S/C9H21As/c1-4-7-10(8-5-2)9-6-3/h4-9H2,1-3H3. The van der Waals surface area contributed by atoms with Crippen LogP contribution in [0.5, 0.6) is 0 Å². The van der Waals surface area contributed by atoms with Gasteiger partial charge in [0, 0.05) is 0 Å². The van der Waals surface area contributed by atoms with Crippen molar-refractivity contribution in [2.24, 2.45) is 0 Å². The predicted octanol–water partition coefficient (Wildman–Crippen LogP) is 3.71. The molecule has 0 saturated heterocycles. The van der Waals surface area contributed by atoms with E-state index < -0.39 is 0 Å². The van der Waals surface area contributed by atoms with Crippen molar-refractivity contribution in [1.82, 2.24) is 0 Å². The Labute approximate surface area is 70.7 Å². The Morgan fingerprint density at radius 2 is 1.00 bits per heavy atom. The first kappa shape index (κ1) is 10.6. The summed E-state index contributed by atoms with van der Waals surface area (Å²) in [5.41, 5.74) is 0. The third-order valence-corrected chi connectivity index (χ3v) is 8.42. The van der Waals surface area contributed by atoms with E-state index in [0.717, 1.165) is 0 Å². The molecule has 0 fully saturated rings. The van der Waals surface area contributed by atoms with Gasteiger partial charge in [-0.2, -0.15) is 0 Å². The van der Waals surface area contributed by atoms with Crippen LogP contribution in [0.2, 0.25) is 15.6 Å². The van der Waals surface area contributed by atoms with Gasteiger partial charge in [0.2, 0.25) is 0 Å². The van der Waals surface area contributed by atoms with E-state index in [-0.39, 0.29) is 14.7 Å². The van der Waals surface area contributed by atoms with E-state index in [1.54, 1.807) is 15.6 Å². The monoisotopic (exact) mass is 204 g/mol. The fourth-order valence-electron chi connectivity index (χ4n) is 1.28. The van der Waals surface area contributed by atoms with Gasteiger partial charge in [-0.1, -0.05) is 0 Å². The van der Waals surface area contributed by atoms with Crippen molar-refractivity contribution in [1.29, 1.82) is 0 Å². The van der Waals surface area contributed by atoms with Crippen LogP contribution in [-0.2, 0) is 0 Å². The Hall–Kier alpha value is 0.558. The second kappa shape index (κ2) is 7.66. The number of hydrogen-bond acceptors (Lipinski definition) is 0. The molecular formula is C9H21As. The Kier molecular flexibility index (Phi) is 8.09. The molecule has 0 radical (unpaired) electrons. The van der Waals surface area contributed by atoms with E-state index in [2.05, 4.69) is 20.8 Å². The first-order valence-corrected chi connectivity index (χ1v) is 8.55. The molecule has 1 heteroatoms. The molecule has 0 atom stereocenters. The second-order valence-corrected chi connectivity index (χ2v) is 8.47. The summed E-state index contributed by atoms with van der Waals surface area (Å²) in [6.07, 6.45) is 4.29. The van der Waals surface area contributed by atoms with E-state index in [9.17, 15) is 0 Å². The van der Waals surface area contributed by atoms with Crippen molar-refractivity contribution in [3.8, 4) is 0 Å². The zero-order valence-corrected chi connectivity index (χ0v) is 9.57. The summed E-state index contributed by atoms with van der Waals surface area (Å²) in [4.78, 5) is 0. The zero-order valence-electron chi connectivity index (χ0n) is 7.69. The van der Waals surface area contributed by atoms with Gasteiger partial charge >= 0.3 is 70.3 Å². The molecule has 0 amide bonds. The molecule has 10 heavy (non-hydrogen) atoms.